The molecule has 0 atom stereocenters. The maximum Gasteiger partial charge on any atom is 0.260 e. The first-order valence-electron chi connectivity index (χ1n) is 9.50. The number of ether oxygens (including phenoxy) is 2. The largest absolute Gasteiger partial charge is 0.494 e. The maximum atomic E-state index is 12.6. The number of carbonyl (C=O) groups is 1. The van der Waals surface area contributed by atoms with E-state index in [1.165, 1.54) is 0 Å². The van der Waals surface area contributed by atoms with Crippen LogP contribution in [0.4, 0.5) is 0 Å². The number of rotatable bonds is 6. The summed E-state index contributed by atoms with van der Waals surface area (Å²) in [6.45, 7) is 3.86. The number of hydrogen-bond acceptors (Lipinski definition) is 5. The van der Waals surface area contributed by atoms with Gasteiger partial charge in [-0.15, -0.1) is 11.3 Å². The highest BCUT2D eigenvalue weighted by Gasteiger charge is 2.24. The lowest BCUT2D eigenvalue weighted by Gasteiger charge is -2.26. The Kier molecular flexibility index (Phi) is 6.02. The first kappa shape index (κ1) is 19.7. The minimum Gasteiger partial charge on any atom is -0.494 e. The molecule has 0 unspecified atom stereocenters. The molecule has 150 valence electrons. The molecule has 7 heteroatoms. The Bertz CT molecular complexity index is 986. The van der Waals surface area contributed by atoms with Gasteiger partial charge in [-0.25, -0.2) is 4.98 Å². The molecule has 1 amide bonds. The second-order valence-corrected chi connectivity index (χ2v) is 8.17. The monoisotopic (exact) mass is 428 g/mol. The van der Waals surface area contributed by atoms with Gasteiger partial charge in [0, 0.05) is 28.4 Å². The van der Waals surface area contributed by atoms with E-state index in [0.717, 1.165) is 33.3 Å². The van der Waals surface area contributed by atoms with Crippen molar-refractivity contribution in [3.05, 3.63) is 64.1 Å². The molecule has 0 spiro atoms. The molecule has 0 saturated heterocycles. The van der Waals surface area contributed by atoms with Gasteiger partial charge >= 0.3 is 0 Å². The fourth-order valence-electron chi connectivity index (χ4n) is 3.16. The fraction of sp³-hybridized carbons (Fsp3) is 0.273. The van der Waals surface area contributed by atoms with Crippen molar-refractivity contribution in [1.82, 2.24) is 9.88 Å². The highest BCUT2D eigenvalue weighted by molar-refractivity contribution is 7.15. The summed E-state index contributed by atoms with van der Waals surface area (Å²) in [5.74, 6) is 1.47. The van der Waals surface area contributed by atoms with Crippen LogP contribution in [0.5, 0.6) is 11.5 Å². The molecule has 0 fully saturated rings. The number of amides is 1. The summed E-state index contributed by atoms with van der Waals surface area (Å²) in [4.78, 5) is 20.3. The molecule has 2 aromatic carbocycles. The second kappa shape index (κ2) is 8.84. The molecule has 4 rings (SSSR count). The number of nitrogens with zero attached hydrogens (tertiary/aromatic N) is 2. The molecule has 0 saturated carbocycles. The molecule has 1 aromatic heterocycles. The molecule has 0 radical (unpaired) electrons. The Balaban J connectivity index is 1.39. The van der Waals surface area contributed by atoms with Gasteiger partial charge in [0.15, 0.2) is 6.61 Å². The molecular formula is C22H21ClN2O3S. The average Bonchev–Trinajstić information content (AvgIpc) is 3.17. The number of carbonyl (C=O) groups excluding carboxylic acids is 1. The van der Waals surface area contributed by atoms with Crippen LogP contribution in [0, 0.1) is 0 Å². The van der Waals surface area contributed by atoms with Crippen molar-refractivity contribution in [3.63, 3.8) is 0 Å². The number of halogens is 1. The van der Waals surface area contributed by atoms with Gasteiger partial charge in [-0.3, -0.25) is 4.79 Å². The SMILES string of the molecule is CCOc1ccc(-c2nc3c(s2)CN(C(=O)COc2ccc(Cl)cc2)CC3)cc1. The number of hydrogen-bond donors (Lipinski definition) is 0. The third kappa shape index (κ3) is 4.71. The summed E-state index contributed by atoms with van der Waals surface area (Å²) >= 11 is 7.51. The molecule has 3 aromatic rings. The van der Waals surface area contributed by atoms with E-state index in [9.17, 15) is 4.79 Å². The third-order valence-electron chi connectivity index (χ3n) is 4.67. The van der Waals surface area contributed by atoms with Crippen LogP contribution in [0.3, 0.4) is 0 Å². The van der Waals surface area contributed by atoms with Crippen LogP contribution < -0.4 is 9.47 Å². The number of aromatic nitrogens is 1. The fourth-order valence-corrected chi connectivity index (χ4v) is 4.41. The minimum atomic E-state index is -0.0263. The first-order chi connectivity index (χ1) is 14.1. The van der Waals surface area contributed by atoms with Crippen LogP contribution in [0.2, 0.25) is 5.02 Å². The molecule has 29 heavy (non-hydrogen) atoms. The highest BCUT2D eigenvalue weighted by Crippen LogP contribution is 2.32. The lowest BCUT2D eigenvalue weighted by atomic mass is 10.1. The Morgan fingerprint density at radius 1 is 1.10 bits per heavy atom. The number of benzene rings is 2. The second-order valence-electron chi connectivity index (χ2n) is 6.65. The Labute approximate surface area is 178 Å². The van der Waals surface area contributed by atoms with Crippen molar-refractivity contribution in [2.75, 3.05) is 19.8 Å². The van der Waals surface area contributed by atoms with Gasteiger partial charge in [-0.2, -0.15) is 0 Å². The topological polar surface area (TPSA) is 51.7 Å². The van der Waals surface area contributed by atoms with E-state index in [-0.39, 0.29) is 12.5 Å². The average molecular weight is 429 g/mol. The summed E-state index contributed by atoms with van der Waals surface area (Å²) in [6, 6.07) is 15.0. The molecule has 0 N–H and O–H groups in total. The van der Waals surface area contributed by atoms with Crippen molar-refractivity contribution in [1.29, 1.82) is 0 Å². The quantitative estimate of drug-likeness (QED) is 0.564. The predicted molar refractivity (Wildman–Crippen MR) is 115 cm³/mol. The molecule has 0 aliphatic carbocycles. The zero-order valence-electron chi connectivity index (χ0n) is 16.1. The van der Waals surface area contributed by atoms with E-state index >= 15 is 0 Å². The van der Waals surface area contributed by atoms with Gasteiger partial charge in [-0.05, 0) is 55.5 Å². The third-order valence-corrected chi connectivity index (χ3v) is 6.06. The van der Waals surface area contributed by atoms with E-state index < -0.39 is 0 Å². The van der Waals surface area contributed by atoms with Gasteiger partial charge in [0.2, 0.25) is 0 Å². The van der Waals surface area contributed by atoms with Gasteiger partial charge < -0.3 is 14.4 Å². The lowest BCUT2D eigenvalue weighted by Crippen LogP contribution is -2.38. The summed E-state index contributed by atoms with van der Waals surface area (Å²) in [6.07, 6.45) is 0.759. The van der Waals surface area contributed by atoms with E-state index in [0.29, 0.717) is 30.5 Å². The van der Waals surface area contributed by atoms with E-state index in [1.807, 2.05) is 36.1 Å². The zero-order chi connectivity index (χ0) is 20.2. The van der Waals surface area contributed by atoms with Gasteiger partial charge in [0.05, 0.1) is 18.8 Å². The van der Waals surface area contributed by atoms with Crippen molar-refractivity contribution < 1.29 is 14.3 Å². The minimum absolute atomic E-state index is 0.0154. The van der Waals surface area contributed by atoms with Crippen LogP contribution in [0.1, 0.15) is 17.5 Å². The summed E-state index contributed by atoms with van der Waals surface area (Å²) in [5, 5.41) is 1.62. The smallest absolute Gasteiger partial charge is 0.260 e. The Morgan fingerprint density at radius 3 is 2.52 bits per heavy atom. The zero-order valence-corrected chi connectivity index (χ0v) is 17.6. The summed E-state index contributed by atoms with van der Waals surface area (Å²) < 4.78 is 11.1. The maximum absolute atomic E-state index is 12.6. The van der Waals surface area contributed by atoms with Crippen LogP contribution in [0.15, 0.2) is 48.5 Å². The van der Waals surface area contributed by atoms with Gasteiger partial charge in [0.1, 0.15) is 16.5 Å². The van der Waals surface area contributed by atoms with Crippen LogP contribution in [0.25, 0.3) is 10.6 Å². The van der Waals surface area contributed by atoms with E-state index in [4.69, 9.17) is 26.1 Å². The Hall–Kier alpha value is -2.57. The first-order valence-corrected chi connectivity index (χ1v) is 10.7. The summed E-state index contributed by atoms with van der Waals surface area (Å²) in [7, 11) is 0. The molecule has 5 nitrogen and oxygen atoms in total. The summed E-state index contributed by atoms with van der Waals surface area (Å²) in [5.41, 5.74) is 2.15. The molecule has 0 bridgehead atoms. The van der Waals surface area contributed by atoms with Crippen LogP contribution in [-0.2, 0) is 17.8 Å². The van der Waals surface area contributed by atoms with Crippen molar-refractivity contribution in [2.45, 2.75) is 19.9 Å². The Morgan fingerprint density at radius 2 is 1.79 bits per heavy atom. The van der Waals surface area contributed by atoms with Crippen LogP contribution >= 0.6 is 22.9 Å². The molecular weight excluding hydrogens is 408 g/mol. The van der Waals surface area contributed by atoms with Gasteiger partial charge in [-0.1, -0.05) is 11.6 Å². The number of fused-ring (bicyclic) bond motifs is 1. The number of thiazole rings is 1. The standard InChI is InChI=1S/C22H21ClN2O3S/c1-2-27-17-7-3-15(4-8-17)22-24-19-11-12-25(13-20(19)29-22)21(26)14-28-18-9-5-16(23)6-10-18/h3-10H,2,11-14H2,1H3. The van der Waals surface area contributed by atoms with Gasteiger partial charge in [0.25, 0.3) is 5.91 Å². The van der Waals surface area contributed by atoms with Crippen molar-refractivity contribution >= 4 is 28.8 Å². The van der Waals surface area contributed by atoms with E-state index in [2.05, 4.69) is 0 Å². The lowest BCUT2D eigenvalue weighted by molar-refractivity contribution is -0.134. The van der Waals surface area contributed by atoms with Crippen molar-refractivity contribution in [2.24, 2.45) is 0 Å². The molecule has 1 aliphatic heterocycles. The van der Waals surface area contributed by atoms with E-state index in [1.54, 1.807) is 35.6 Å². The molecule has 1 aliphatic rings. The molecule has 2 heterocycles. The highest BCUT2D eigenvalue weighted by atomic mass is 35.5. The van der Waals surface area contributed by atoms with Crippen LogP contribution in [-0.4, -0.2) is 35.5 Å². The predicted octanol–water partition coefficient (Wildman–Crippen LogP) is 4.83. The van der Waals surface area contributed by atoms with Crippen molar-refractivity contribution in [3.8, 4) is 22.1 Å². The normalized spacial score (nSPS) is 13.1.